The predicted octanol–water partition coefficient (Wildman–Crippen LogP) is 6.64. The summed E-state index contributed by atoms with van der Waals surface area (Å²) in [4.78, 5) is 74.3. The number of imidazole rings is 1. The van der Waals surface area contributed by atoms with Crippen molar-refractivity contribution in [3.63, 3.8) is 0 Å². The number of rotatable bonds is 11. The molecule has 0 radical (unpaired) electrons. The second-order valence-corrected chi connectivity index (χ2v) is 22.7. The Hall–Kier alpha value is -7.21. The molecule has 0 saturated carbocycles. The van der Waals surface area contributed by atoms with Gasteiger partial charge in [0, 0.05) is 87.5 Å². The summed E-state index contributed by atoms with van der Waals surface area (Å²) in [5, 5.41) is 18.1. The Morgan fingerprint density at radius 2 is 1.69 bits per heavy atom. The third-order valence-corrected chi connectivity index (χ3v) is 18.3. The number of likely N-dealkylation sites (tertiary alicyclic amines) is 1. The number of ether oxygens (including phenoxy) is 2. The Morgan fingerprint density at radius 3 is 2.47 bits per heavy atom. The average Bonchev–Trinajstić information content (AvgIpc) is 4.29. The van der Waals surface area contributed by atoms with Crippen LogP contribution in [0.25, 0.3) is 44.0 Å². The fourth-order valence-corrected chi connectivity index (χ4v) is 14.6. The second-order valence-electron chi connectivity index (χ2n) is 22.7. The number of carbonyl (C=O) groups is 3. The van der Waals surface area contributed by atoms with Gasteiger partial charge < -0.3 is 34.6 Å². The van der Waals surface area contributed by atoms with Crippen LogP contribution in [0.4, 0.5) is 25.1 Å². The Labute approximate surface area is 449 Å². The molecule has 7 aliphatic rings. The van der Waals surface area contributed by atoms with E-state index in [-0.39, 0.29) is 95.7 Å². The molecule has 3 N–H and O–H groups in total. The number of carboxylic acid groups (broad SMARTS) is 1. The molecular weight excluding hydrogens is 1000 g/mol. The van der Waals surface area contributed by atoms with Crippen LogP contribution in [-0.2, 0) is 21.4 Å². The smallest absolute Gasteiger partial charge is 0.407 e. The molecule has 3 amide bonds. The molecule has 7 saturated heterocycles. The molecule has 20 heteroatoms. The molecule has 3 aromatic carbocycles. The fourth-order valence-electron chi connectivity index (χ4n) is 14.6. The number of imide groups is 1. The highest BCUT2D eigenvalue weighted by Crippen LogP contribution is 2.46. The first kappa shape index (κ1) is 50.3. The number of nitrogens with one attached hydrogen (secondary N) is 2. The Morgan fingerprint density at radius 1 is 0.897 bits per heavy atom. The van der Waals surface area contributed by atoms with Gasteiger partial charge in [0.05, 0.1) is 45.4 Å². The monoisotopic (exact) mass is 1060 g/mol. The quantitative estimate of drug-likeness (QED) is 0.0924. The van der Waals surface area contributed by atoms with Gasteiger partial charge >= 0.3 is 17.8 Å². The molecule has 13 rings (SSSR count). The second kappa shape index (κ2) is 19.9. The third-order valence-electron chi connectivity index (χ3n) is 18.3. The number of pyridine rings is 1. The molecular formula is C58H63F2N11O7. The lowest BCUT2D eigenvalue weighted by atomic mass is 9.92. The van der Waals surface area contributed by atoms with E-state index in [2.05, 4.69) is 36.2 Å². The molecule has 7 aliphatic heterocycles. The summed E-state index contributed by atoms with van der Waals surface area (Å²) < 4.78 is 49.1. The minimum Gasteiger partial charge on any atom is -0.465 e. The van der Waals surface area contributed by atoms with Gasteiger partial charge in [0.1, 0.15) is 35.5 Å². The predicted molar refractivity (Wildman–Crippen MR) is 289 cm³/mol. The standard InChI is InChI=1S/C58H63F2N11O7/c1-3-40-43(59)14-11-33-7-4-8-41(48(33)40)50-49(60)51-42(29-61-50)53(68-30-34-12-13-35(31-68)62-34)65-55(64-51)77-32-58-21-6-23-70(58)36(17-22-58)27-37-28-39(20-26-69(37)57(75)76)78-38-18-24-67(25-19-38)44-9-5-10-45-52(44)66(2)56(74)71(45)46-15-16-47(72)63-54(46)73/h1,4-5,7-11,14,29,34-39,46,62H,6,12-13,15-28,30-32H2,2H3,(H,75,76)(H,63,72,73)/t34?,35?,36-,37?,39?,46?,58-/m0/s1. The number of aromatic nitrogens is 5. The number of piperazine rings is 1. The molecule has 0 aliphatic carbocycles. The van der Waals surface area contributed by atoms with Crippen molar-refractivity contribution in [3.05, 3.63) is 82.4 Å². The maximum Gasteiger partial charge on any atom is 0.407 e. The number of para-hydroxylation sites is 1. The summed E-state index contributed by atoms with van der Waals surface area (Å²) in [7, 11) is 1.72. The molecule has 18 nitrogen and oxygen atoms in total. The number of hydrogen-bond donors (Lipinski definition) is 3. The Bertz CT molecular complexity index is 3510. The first-order chi connectivity index (χ1) is 37.8. The molecule has 7 atom stereocenters. The zero-order valence-corrected chi connectivity index (χ0v) is 43.6. The van der Waals surface area contributed by atoms with E-state index in [0.29, 0.717) is 85.0 Å². The number of anilines is 2. The number of fused-ring (bicyclic) bond motifs is 6. The molecule has 78 heavy (non-hydrogen) atoms. The maximum atomic E-state index is 17.3. The van der Waals surface area contributed by atoms with Gasteiger partial charge in [-0.2, -0.15) is 9.97 Å². The number of nitrogens with zero attached hydrogens (tertiary/aromatic N) is 9. The summed E-state index contributed by atoms with van der Waals surface area (Å²) in [5.41, 5.74) is 2.11. The Kier molecular flexibility index (Phi) is 12.8. The first-order valence-corrected chi connectivity index (χ1v) is 27.7. The van der Waals surface area contributed by atoms with Crippen molar-refractivity contribution >= 4 is 62.1 Å². The van der Waals surface area contributed by atoms with Crippen LogP contribution in [0.15, 0.2) is 59.5 Å². The van der Waals surface area contributed by atoms with Gasteiger partial charge in [-0.3, -0.25) is 33.9 Å². The lowest BCUT2D eigenvalue weighted by Crippen LogP contribution is -2.52. The summed E-state index contributed by atoms with van der Waals surface area (Å²) in [6.45, 7) is 4.27. The van der Waals surface area contributed by atoms with E-state index in [4.69, 9.17) is 25.9 Å². The maximum absolute atomic E-state index is 17.3. The highest BCUT2D eigenvalue weighted by atomic mass is 19.1. The van der Waals surface area contributed by atoms with Crippen molar-refractivity contribution in [3.8, 4) is 29.6 Å². The Balaban J connectivity index is 0.705. The van der Waals surface area contributed by atoms with Gasteiger partial charge in [-0.05, 0) is 107 Å². The molecule has 10 heterocycles. The van der Waals surface area contributed by atoms with Crippen molar-refractivity contribution in [1.29, 1.82) is 0 Å². The topological polar surface area (TPSA) is 193 Å². The van der Waals surface area contributed by atoms with Crippen molar-refractivity contribution < 1.29 is 37.7 Å². The number of terminal acetylenes is 1. The number of carbonyl (C=O) groups excluding carboxylic acids is 2. The molecule has 2 bridgehead atoms. The lowest BCUT2D eigenvalue weighted by Gasteiger charge is -2.43. The number of aryl methyl sites for hydroxylation is 1. The zero-order chi connectivity index (χ0) is 53.6. The van der Waals surface area contributed by atoms with Gasteiger partial charge in [0.2, 0.25) is 11.8 Å². The van der Waals surface area contributed by atoms with Crippen LogP contribution in [0.2, 0.25) is 0 Å². The van der Waals surface area contributed by atoms with E-state index in [9.17, 15) is 24.3 Å². The molecule has 406 valence electrons. The van der Waals surface area contributed by atoms with Crippen molar-refractivity contribution in [1.82, 2.24) is 44.5 Å². The van der Waals surface area contributed by atoms with Gasteiger partial charge in [0.25, 0.3) is 0 Å². The molecule has 0 spiro atoms. The van der Waals surface area contributed by atoms with Crippen molar-refractivity contribution in [2.45, 2.75) is 131 Å². The van der Waals surface area contributed by atoms with Gasteiger partial charge in [0.15, 0.2) is 5.82 Å². The summed E-state index contributed by atoms with van der Waals surface area (Å²) in [6.07, 6.45) is 15.8. The fraction of sp³-hybridized carbons (Fsp3) is 0.500. The summed E-state index contributed by atoms with van der Waals surface area (Å²) in [6, 6.07) is 13.7. The third kappa shape index (κ3) is 8.68. The molecule has 3 aromatic heterocycles. The van der Waals surface area contributed by atoms with Crippen LogP contribution in [0.1, 0.15) is 95.1 Å². The van der Waals surface area contributed by atoms with Gasteiger partial charge in [-0.1, -0.05) is 36.3 Å². The highest BCUT2D eigenvalue weighted by molar-refractivity contribution is 6.03. The van der Waals surface area contributed by atoms with Crippen LogP contribution in [0.5, 0.6) is 6.01 Å². The van der Waals surface area contributed by atoms with E-state index in [1.54, 1.807) is 40.9 Å². The number of benzene rings is 3. The minimum atomic E-state index is -0.924. The average molecular weight is 1060 g/mol. The molecule has 5 unspecified atom stereocenters. The highest BCUT2D eigenvalue weighted by Gasteiger charge is 2.51. The largest absolute Gasteiger partial charge is 0.465 e. The first-order valence-electron chi connectivity index (χ1n) is 27.7. The number of halogens is 2. The van der Waals surface area contributed by atoms with Crippen molar-refractivity contribution in [2.24, 2.45) is 7.05 Å². The van der Waals surface area contributed by atoms with E-state index < -0.39 is 29.7 Å². The van der Waals surface area contributed by atoms with Crippen LogP contribution in [0, 0.1) is 24.0 Å². The molecule has 7 fully saturated rings. The van der Waals surface area contributed by atoms with Crippen LogP contribution >= 0.6 is 0 Å². The SMILES string of the molecule is C#Cc1c(F)ccc2cccc(-c3ncc4c(N5CC6CCC(C5)N6)nc(OC[C@@]56CCCN5[C@H](CC5CC(OC7CCN(c8cccc9c8n(C)c(=O)n9C8CCC(=O)NC8=O)CC7)CCN5C(=O)O)CC6)nc4c3F)c12. The van der Waals surface area contributed by atoms with Crippen LogP contribution in [0.3, 0.4) is 0 Å². The normalized spacial score (nSPS) is 26.8. The number of amides is 3. The van der Waals surface area contributed by atoms with E-state index >= 15 is 8.78 Å². The lowest BCUT2D eigenvalue weighted by molar-refractivity contribution is -0.135. The summed E-state index contributed by atoms with van der Waals surface area (Å²) in [5.74, 6) is 0.979. The number of hydrogen-bond acceptors (Lipinski definition) is 13. The van der Waals surface area contributed by atoms with Gasteiger partial charge in [-0.15, -0.1) is 6.42 Å². The van der Waals surface area contributed by atoms with Crippen molar-refractivity contribution in [2.75, 3.05) is 55.7 Å². The van der Waals surface area contributed by atoms with Gasteiger partial charge in [-0.25, -0.2) is 18.4 Å². The van der Waals surface area contributed by atoms with E-state index in [1.165, 1.54) is 10.6 Å². The van der Waals surface area contributed by atoms with Crippen LogP contribution in [-0.4, -0.2) is 145 Å². The van der Waals surface area contributed by atoms with Crippen LogP contribution < -0.4 is 30.9 Å². The number of piperidine rings is 3. The zero-order valence-electron chi connectivity index (χ0n) is 43.6. The minimum absolute atomic E-state index is 0.00279. The van der Waals surface area contributed by atoms with E-state index in [1.807, 2.05) is 24.3 Å². The summed E-state index contributed by atoms with van der Waals surface area (Å²) >= 11 is 0. The molecule has 6 aromatic rings. The van der Waals surface area contributed by atoms with E-state index in [0.717, 1.165) is 69.1 Å².